The molecule has 98 valence electrons. The van der Waals surface area contributed by atoms with Gasteiger partial charge in [-0.05, 0) is 37.5 Å². The Morgan fingerprint density at radius 1 is 1.41 bits per heavy atom. The van der Waals surface area contributed by atoms with Crippen molar-refractivity contribution in [3.05, 3.63) is 0 Å². The van der Waals surface area contributed by atoms with Crippen LogP contribution < -0.4 is 5.73 Å². The molecule has 1 heterocycles. The fraction of sp³-hybridized carbons (Fsp3) is 0.923. The Morgan fingerprint density at radius 3 is 2.65 bits per heavy atom. The molecule has 0 aromatic carbocycles. The Bertz CT molecular complexity index is 258. The SMILES string of the molecule is COCCC(N)C(=O)N1CC2CCCC(C2)C1. The number of hydrogen-bond acceptors (Lipinski definition) is 3. The van der Waals surface area contributed by atoms with Gasteiger partial charge in [0.2, 0.25) is 5.91 Å². The van der Waals surface area contributed by atoms with Crippen LogP contribution in [0, 0.1) is 11.8 Å². The lowest BCUT2D eigenvalue weighted by Gasteiger charge is -2.42. The van der Waals surface area contributed by atoms with Crippen molar-refractivity contribution < 1.29 is 9.53 Å². The van der Waals surface area contributed by atoms with E-state index in [1.54, 1.807) is 7.11 Å². The fourth-order valence-electron chi connectivity index (χ4n) is 3.21. The maximum Gasteiger partial charge on any atom is 0.239 e. The number of fused-ring (bicyclic) bond motifs is 2. The highest BCUT2D eigenvalue weighted by molar-refractivity contribution is 5.81. The number of rotatable bonds is 4. The minimum atomic E-state index is -0.381. The minimum absolute atomic E-state index is 0.124. The van der Waals surface area contributed by atoms with E-state index < -0.39 is 0 Å². The summed E-state index contributed by atoms with van der Waals surface area (Å²) in [5.41, 5.74) is 5.91. The van der Waals surface area contributed by atoms with E-state index in [9.17, 15) is 4.79 Å². The van der Waals surface area contributed by atoms with Crippen molar-refractivity contribution in [2.24, 2.45) is 17.6 Å². The third kappa shape index (κ3) is 3.19. The molecule has 0 aromatic heterocycles. The van der Waals surface area contributed by atoms with Gasteiger partial charge in [-0.25, -0.2) is 0 Å². The quantitative estimate of drug-likeness (QED) is 0.797. The molecule has 2 bridgehead atoms. The number of nitrogens with two attached hydrogens (primary N) is 1. The van der Waals surface area contributed by atoms with Crippen molar-refractivity contribution in [1.82, 2.24) is 4.90 Å². The Labute approximate surface area is 103 Å². The van der Waals surface area contributed by atoms with E-state index in [1.165, 1.54) is 25.7 Å². The summed E-state index contributed by atoms with van der Waals surface area (Å²) in [6.07, 6.45) is 5.85. The van der Waals surface area contributed by atoms with E-state index in [1.807, 2.05) is 4.90 Å². The molecule has 4 heteroatoms. The van der Waals surface area contributed by atoms with E-state index in [-0.39, 0.29) is 11.9 Å². The van der Waals surface area contributed by atoms with Crippen LogP contribution in [0.4, 0.5) is 0 Å². The second kappa shape index (κ2) is 5.83. The molecule has 2 aliphatic rings. The molecule has 2 fully saturated rings. The van der Waals surface area contributed by atoms with Crippen LogP contribution in [0.2, 0.25) is 0 Å². The number of amides is 1. The van der Waals surface area contributed by atoms with Crippen molar-refractivity contribution in [3.63, 3.8) is 0 Å². The van der Waals surface area contributed by atoms with Crippen molar-refractivity contribution in [2.75, 3.05) is 26.8 Å². The molecular weight excluding hydrogens is 216 g/mol. The molecule has 1 saturated heterocycles. The van der Waals surface area contributed by atoms with Gasteiger partial charge >= 0.3 is 0 Å². The highest BCUT2D eigenvalue weighted by atomic mass is 16.5. The number of carbonyl (C=O) groups is 1. The number of likely N-dealkylation sites (tertiary alicyclic amines) is 1. The molecule has 1 aliphatic heterocycles. The van der Waals surface area contributed by atoms with Gasteiger partial charge in [-0.1, -0.05) is 6.42 Å². The highest BCUT2D eigenvalue weighted by Gasteiger charge is 2.33. The predicted octanol–water partition coefficient (Wildman–Crippen LogP) is 0.999. The average molecular weight is 240 g/mol. The third-order valence-electron chi connectivity index (χ3n) is 4.11. The number of methoxy groups -OCH3 is 1. The van der Waals surface area contributed by atoms with Crippen molar-refractivity contribution in [2.45, 2.75) is 38.1 Å². The molecule has 0 aromatic rings. The minimum Gasteiger partial charge on any atom is -0.385 e. The summed E-state index contributed by atoms with van der Waals surface area (Å²) in [5.74, 6) is 1.57. The first-order chi connectivity index (χ1) is 8.20. The number of ether oxygens (including phenoxy) is 1. The summed E-state index contributed by atoms with van der Waals surface area (Å²) in [5, 5.41) is 0. The maximum atomic E-state index is 12.2. The standard InChI is InChI=1S/C13H24N2O2/c1-17-6-5-12(14)13(16)15-8-10-3-2-4-11(7-10)9-15/h10-12H,2-9,14H2,1H3. The molecule has 3 atom stereocenters. The zero-order valence-corrected chi connectivity index (χ0v) is 10.7. The van der Waals surface area contributed by atoms with E-state index in [2.05, 4.69) is 0 Å². The molecular formula is C13H24N2O2. The molecule has 1 saturated carbocycles. The van der Waals surface area contributed by atoms with E-state index in [0.717, 1.165) is 24.9 Å². The van der Waals surface area contributed by atoms with Crippen molar-refractivity contribution in [1.29, 1.82) is 0 Å². The lowest BCUT2D eigenvalue weighted by molar-refractivity contribution is -0.136. The highest BCUT2D eigenvalue weighted by Crippen LogP contribution is 2.34. The van der Waals surface area contributed by atoms with Gasteiger partial charge in [-0.3, -0.25) is 4.79 Å². The zero-order chi connectivity index (χ0) is 12.3. The van der Waals surface area contributed by atoms with Gasteiger partial charge in [0, 0.05) is 26.8 Å². The van der Waals surface area contributed by atoms with E-state index in [0.29, 0.717) is 13.0 Å². The Morgan fingerprint density at radius 2 is 2.06 bits per heavy atom. The first-order valence-electron chi connectivity index (χ1n) is 6.74. The first kappa shape index (κ1) is 12.8. The molecule has 3 unspecified atom stereocenters. The first-order valence-corrected chi connectivity index (χ1v) is 6.74. The van der Waals surface area contributed by atoms with Crippen LogP contribution in [0.1, 0.15) is 32.1 Å². The molecule has 2 rings (SSSR count). The fourth-order valence-corrected chi connectivity index (χ4v) is 3.21. The van der Waals surface area contributed by atoms with Gasteiger partial charge in [0.05, 0.1) is 6.04 Å². The molecule has 1 aliphatic carbocycles. The van der Waals surface area contributed by atoms with Crippen molar-refractivity contribution >= 4 is 5.91 Å². The van der Waals surface area contributed by atoms with Crippen LogP contribution in [0.3, 0.4) is 0 Å². The van der Waals surface area contributed by atoms with Gasteiger partial charge in [-0.15, -0.1) is 0 Å². The van der Waals surface area contributed by atoms with Crippen LogP contribution in [-0.2, 0) is 9.53 Å². The average Bonchev–Trinajstić information content (AvgIpc) is 2.34. The smallest absolute Gasteiger partial charge is 0.239 e. The molecule has 1 amide bonds. The lowest BCUT2D eigenvalue weighted by Crippen LogP contribution is -2.51. The predicted molar refractivity (Wildman–Crippen MR) is 66.5 cm³/mol. The van der Waals surface area contributed by atoms with Gasteiger partial charge in [0.25, 0.3) is 0 Å². The summed E-state index contributed by atoms with van der Waals surface area (Å²) in [6.45, 7) is 2.42. The summed E-state index contributed by atoms with van der Waals surface area (Å²) in [6, 6.07) is -0.381. The number of nitrogens with zero attached hydrogens (tertiary/aromatic N) is 1. The number of carbonyl (C=O) groups excluding carboxylic acids is 1. The van der Waals surface area contributed by atoms with Crippen LogP contribution in [-0.4, -0.2) is 43.7 Å². The van der Waals surface area contributed by atoms with Crippen molar-refractivity contribution in [3.8, 4) is 0 Å². The number of hydrogen-bond donors (Lipinski definition) is 1. The second-order valence-corrected chi connectivity index (χ2v) is 5.53. The summed E-state index contributed by atoms with van der Waals surface area (Å²) in [7, 11) is 1.64. The maximum absolute atomic E-state index is 12.2. The van der Waals surface area contributed by atoms with E-state index >= 15 is 0 Å². The topological polar surface area (TPSA) is 55.6 Å². The summed E-state index contributed by atoms with van der Waals surface area (Å²) in [4.78, 5) is 14.2. The summed E-state index contributed by atoms with van der Waals surface area (Å²) >= 11 is 0. The molecule has 0 spiro atoms. The van der Waals surface area contributed by atoms with E-state index in [4.69, 9.17) is 10.5 Å². The van der Waals surface area contributed by atoms with Crippen LogP contribution in [0.15, 0.2) is 0 Å². The Kier molecular flexibility index (Phi) is 4.40. The largest absolute Gasteiger partial charge is 0.385 e. The molecule has 2 N–H and O–H groups in total. The van der Waals surface area contributed by atoms with Gasteiger partial charge in [0.15, 0.2) is 0 Å². The number of piperidine rings is 1. The Hall–Kier alpha value is -0.610. The van der Waals surface area contributed by atoms with Gasteiger partial charge in [0.1, 0.15) is 0 Å². The normalized spacial score (nSPS) is 30.1. The van der Waals surface area contributed by atoms with Crippen LogP contribution in [0.25, 0.3) is 0 Å². The summed E-state index contributed by atoms with van der Waals surface area (Å²) < 4.78 is 4.97. The zero-order valence-electron chi connectivity index (χ0n) is 10.7. The molecule has 17 heavy (non-hydrogen) atoms. The third-order valence-corrected chi connectivity index (χ3v) is 4.11. The monoisotopic (exact) mass is 240 g/mol. The lowest BCUT2D eigenvalue weighted by atomic mass is 9.78. The second-order valence-electron chi connectivity index (χ2n) is 5.53. The van der Waals surface area contributed by atoms with Crippen LogP contribution >= 0.6 is 0 Å². The molecule has 0 radical (unpaired) electrons. The van der Waals surface area contributed by atoms with Crippen LogP contribution in [0.5, 0.6) is 0 Å². The Balaban J connectivity index is 1.86. The van der Waals surface area contributed by atoms with Gasteiger partial charge in [-0.2, -0.15) is 0 Å². The molecule has 4 nitrogen and oxygen atoms in total. The van der Waals surface area contributed by atoms with Gasteiger partial charge < -0.3 is 15.4 Å².